The number of fused-ring (bicyclic) bond motifs is 1. The van der Waals surface area contributed by atoms with Gasteiger partial charge in [-0.2, -0.15) is 5.10 Å². The molecule has 156 valence electrons. The van der Waals surface area contributed by atoms with E-state index in [9.17, 15) is 0 Å². The molecule has 1 atom stereocenters. The van der Waals surface area contributed by atoms with Crippen molar-refractivity contribution in [3.63, 3.8) is 0 Å². The molecule has 0 amide bonds. The Morgan fingerprint density at radius 2 is 2.20 bits per heavy atom. The summed E-state index contributed by atoms with van der Waals surface area (Å²) in [6.45, 7) is 4.01. The van der Waals surface area contributed by atoms with Crippen molar-refractivity contribution >= 4 is 40.1 Å². The number of anilines is 1. The van der Waals surface area contributed by atoms with Crippen molar-refractivity contribution in [2.75, 3.05) is 24.7 Å². The largest absolute Gasteiger partial charge is 0.397 e. The summed E-state index contributed by atoms with van der Waals surface area (Å²) >= 11 is 0. The minimum absolute atomic E-state index is 0.145. The molecule has 2 aromatic rings. The predicted octanol–water partition coefficient (Wildman–Crippen LogP) is 1.90. The smallest absolute Gasteiger partial charge is 0.130 e. The van der Waals surface area contributed by atoms with Gasteiger partial charge in [-0.15, -0.1) is 0 Å². The Labute approximate surface area is 174 Å². The molecule has 0 spiro atoms. The highest BCUT2D eigenvalue weighted by Crippen LogP contribution is 2.34. The zero-order valence-corrected chi connectivity index (χ0v) is 16.9. The third-order valence-corrected chi connectivity index (χ3v) is 5.54. The quantitative estimate of drug-likeness (QED) is 0.327. The van der Waals surface area contributed by atoms with Crippen LogP contribution in [-0.2, 0) is 4.74 Å². The first-order valence-electron chi connectivity index (χ1n) is 10.0. The number of nitrogens with one attached hydrogen (secondary N) is 2. The number of morpholine rings is 1. The zero-order valence-electron chi connectivity index (χ0n) is 16.9. The van der Waals surface area contributed by atoms with E-state index in [0.29, 0.717) is 53.7 Å². The molecule has 0 radical (unpaired) electrons. The van der Waals surface area contributed by atoms with Gasteiger partial charge >= 0.3 is 0 Å². The molecule has 1 saturated heterocycles. The van der Waals surface area contributed by atoms with Crippen LogP contribution in [0, 0.1) is 16.7 Å². The Bertz CT molecular complexity index is 1060. The number of allylic oxidation sites excluding steroid dienone is 1. The van der Waals surface area contributed by atoms with E-state index in [4.69, 9.17) is 32.1 Å². The number of hydrogen-bond donors (Lipinski definition) is 4. The lowest BCUT2D eigenvalue weighted by Gasteiger charge is -2.34. The summed E-state index contributed by atoms with van der Waals surface area (Å²) in [5.74, 6) is 6.63. The van der Waals surface area contributed by atoms with E-state index < -0.39 is 0 Å². The van der Waals surface area contributed by atoms with Crippen molar-refractivity contribution in [1.82, 2.24) is 9.97 Å². The van der Waals surface area contributed by atoms with E-state index in [1.165, 1.54) is 6.08 Å². The number of pyridine rings is 2. The van der Waals surface area contributed by atoms with Crippen LogP contribution in [0.5, 0.6) is 0 Å². The van der Waals surface area contributed by atoms with Crippen molar-refractivity contribution in [2.24, 2.45) is 22.6 Å². The molecule has 2 fully saturated rings. The summed E-state index contributed by atoms with van der Waals surface area (Å²) < 4.78 is 5.57. The van der Waals surface area contributed by atoms with Gasteiger partial charge in [0.1, 0.15) is 17.0 Å². The van der Waals surface area contributed by atoms with Gasteiger partial charge in [0.05, 0.1) is 36.4 Å². The second kappa shape index (κ2) is 8.19. The predicted molar refractivity (Wildman–Crippen MR) is 119 cm³/mol. The number of aromatic nitrogens is 2. The molecule has 2 aromatic heterocycles. The van der Waals surface area contributed by atoms with Crippen LogP contribution in [0.25, 0.3) is 16.6 Å². The maximum absolute atomic E-state index is 8.87. The monoisotopic (exact) mass is 406 g/mol. The lowest BCUT2D eigenvalue weighted by atomic mass is 9.98. The summed E-state index contributed by atoms with van der Waals surface area (Å²) in [6.07, 6.45) is 6.25. The average molecular weight is 406 g/mol. The highest BCUT2D eigenvalue weighted by molar-refractivity contribution is 6.50. The Morgan fingerprint density at radius 1 is 1.40 bits per heavy atom. The van der Waals surface area contributed by atoms with Crippen LogP contribution in [-0.4, -0.2) is 53.4 Å². The molecule has 1 aliphatic carbocycles. The van der Waals surface area contributed by atoms with Crippen LogP contribution < -0.4 is 16.5 Å². The zero-order chi connectivity index (χ0) is 21.3. The van der Waals surface area contributed by atoms with Crippen LogP contribution >= 0.6 is 0 Å². The summed E-state index contributed by atoms with van der Waals surface area (Å²) in [7, 11) is 0. The molecule has 30 heavy (non-hydrogen) atoms. The van der Waals surface area contributed by atoms with Gasteiger partial charge in [0, 0.05) is 35.8 Å². The third kappa shape index (κ3) is 3.63. The molecule has 0 aromatic carbocycles. The Balaban J connectivity index is 1.94. The fourth-order valence-electron chi connectivity index (χ4n) is 3.81. The van der Waals surface area contributed by atoms with Gasteiger partial charge in [-0.05, 0) is 38.0 Å². The van der Waals surface area contributed by atoms with E-state index in [0.717, 1.165) is 30.3 Å². The normalized spacial score (nSPS) is 20.4. The van der Waals surface area contributed by atoms with Gasteiger partial charge in [-0.1, -0.05) is 0 Å². The summed E-state index contributed by atoms with van der Waals surface area (Å²) in [4.78, 5) is 11.5. The molecule has 1 aliphatic heterocycles. The standard InChI is InChI=1S/C21H26N8O/c1-12-11-30-9-8-29(12)17-10-15(18(24)19(28-25)13-2-3-13)14-5-7-26-21(20(14)27-17)16(23)4-6-22/h4-7,10,12-13,22,24H,2-3,8-9,11,23,25H2,1H3. The lowest BCUT2D eigenvalue weighted by molar-refractivity contribution is 0.0986. The number of ether oxygens (including phenoxy) is 1. The summed E-state index contributed by atoms with van der Waals surface area (Å²) in [5.41, 5.74) is 9.24. The molecular weight excluding hydrogens is 380 g/mol. The van der Waals surface area contributed by atoms with E-state index in [2.05, 4.69) is 21.9 Å². The van der Waals surface area contributed by atoms with E-state index in [1.807, 2.05) is 12.1 Å². The first-order valence-corrected chi connectivity index (χ1v) is 10.0. The van der Waals surface area contributed by atoms with Crippen molar-refractivity contribution < 1.29 is 4.74 Å². The van der Waals surface area contributed by atoms with Crippen LogP contribution in [0.2, 0.25) is 0 Å². The van der Waals surface area contributed by atoms with Gasteiger partial charge < -0.3 is 26.6 Å². The molecule has 1 saturated carbocycles. The number of hydrazone groups is 1. The van der Waals surface area contributed by atoms with E-state index in [1.54, 1.807) is 6.20 Å². The number of hydrogen-bond acceptors (Lipinski definition) is 9. The Morgan fingerprint density at radius 3 is 2.87 bits per heavy atom. The molecule has 4 rings (SSSR count). The minimum Gasteiger partial charge on any atom is -0.397 e. The Hall–Kier alpha value is -3.33. The van der Waals surface area contributed by atoms with Crippen molar-refractivity contribution in [3.05, 3.63) is 35.7 Å². The van der Waals surface area contributed by atoms with Crippen LogP contribution in [0.1, 0.15) is 31.0 Å². The van der Waals surface area contributed by atoms with E-state index >= 15 is 0 Å². The molecule has 6 N–H and O–H groups in total. The highest BCUT2D eigenvalue weighted by Gasteiger charge is 2.32. The number of rotatable bonds is 6. The minimum atomic E-state index is 0.145. The number of nitrogens with zero attached hydrogens (tertiary/aromatic N) is 4. The highest BCUT2D eigenvalue weighted by atomic mass is 16.5. The molecule has 1 unspecified atom stereocenters. The molecule has 3 heterocycles. The van der Waals surface area contributed by atoms with Crippen molar-refractivity contribution in [1.29, 1.82) is 10.8 Å². The third-order valence-electron chi connectivity index (χ3n) is 5.54. The fourth-order valence-corrected chi connectivity index (χ4v) is 3.81. The maximum Gasteiger partial charge on any atom is 0.130 e. The van der Waals surface area contributed by atoms with Gasteiger partial charge in [-0.25, -0.2) is 4.98 Å². The van der Waals surface area contributed by atoms with Gasteiger partial charge in [0.2, 0.25) is 0 Å². The second-order valence-electron chi connectivity index (χ2n) is 7.65. The first-order chi connectivity index (χ1) is 14.5. The molecule has 0 bridgehead atoms. The van der Waals surface area contributed by atoms with Gasteiger partial charge in [0.15, 0.2) is 0 Å². The van der Waals surface area contributed by atoms with Crippen LogP contribution in [0.3, 0.4) is 0 Å². The van der Waals surface area contributed by atoms with E-state index in [-0.39, 0.29) is 12.0 Å². The molecule has 9 heteroatoms. The Kier molecular flexibility index (Phi) is 5.45. The SMILES string of the molecule is CC1COCCN1c1cc(C(=N)C(=NN)C2CC2)c2ccnc(C(N)=CC=N)c2n1. The van der Waals surface area contributed by atoms with Crippen LogP contribution in [0.4, 0.5) is 5.82 Å². The van der Waals surface area contributed by atoms with Crippen LogP contribution in [0.15, 0.2) is 29.5 Å². The maximum atomic E-state index is 8.87. The molecular formula is C21H26N8O. The summed E-state index contributed by atoms with van der Waals surface area (Å²) in [5, 5.41) is 20.9. The van der Waals surface area contributed by atoms with Crippen molar-refractivity contribution in [2.45, 2.75) is 25.8 Å². The topological polar surface area (TPSA) is 150 Å². The average Bonchev–Trinajstić information content (AvgIpc) is 3.58. The fraction of sp³-hybridized carbons (Fsp3) is 0.381. The number of nitrogens with two attached hydrogens (primary N) is 2. The first kappa shape index (κ1) is 20.0. The molecule has 9 nitrogen and oxygen atoms in total. The van der Waals surface area contributed by atoms with Crippen molar-refractivity contribution in [3.8, 4) is 0 Å². The summed E-state index contributed by atoms with van der Waals surface area (Å²) in [6, 6.07) is 3.91. The molecule has 2 aliphatic rings. The lowest BCUT2D eigenvalue weighted by Crippen LogP contribution is -2.44. The van der Waals surface area contributed by atoms with Gasteiger partial charge in [0.25, 0.3) is 0 Å². The second-order valence-corrected chi connectivity index (χ2v) is 7.65. The van der Waals surface area contributed by atoms with Gasteiger partial charge in [-0.3, -0.25) is 10.4 Å².